The molecule has 39 heavy (non-hydrogen) atoms. The molecule has 0 amide bonds. The molecule has 212 valence electrons. The molecule has 6 nitrogen and oxygen atoms in total. The second-order valence-electron chi connectivity index (χ2n) is 12.2. The van der Waals surface area contributed by atoms with Gasteiger partial charge in [-0.1, -0.05) is 50.8 Å². The Labute approximate surface area is 235 Å². The highest BCUT2D eigenvalue weighted by atomic mass is 16.5. The molecule has 0 aliphatic carbocycles. The molecule has 6 heteroatoms. The van der Waals surface area contributed by atoms with Crippen LogP contribution in [0.25, 0.3) is 11.3 Å². The summed E-state index contributed by atoms with van der Waals surface area (Å²) in [6, 6.07) is 3.89. The van der Waals surface area contributed by atoms with E-state index in [4.69, 9.17) is 19.4 Å². The summed E-state index contributed by atoms with van der Waals surface area (Å²) >= 11 is 0. The minimum absolute atomic E-state index is 0.118. The van der Waals surface area contributed by atoms with Crippen molar-refractivity contribution in [2.24, 2.45) is 5.41 Å². The average molecular weight is 534 g/mol. The Balaban J connectivity index is 1.86. The van der Waals surface area contributed by atoms with Crippen LogP contribution in [0.1, 0.15) is 78.2 Å². The highest BCUT2D eigenvalue weighted by Crippen LogP contribution is 2.42. The van der Waals surface area contributed by atoms with Crippen molar-refractivity contribution in [3.05, 3.63) is 72.7 Å². The number of piperidine rings is 1. The summed E-state index contributed by atoms with van der Waals surface area (Å²) in [7, 11) is 0. The Hall–Kier alpha value is -2.96. The van der Waals surface area contributed by atoms with Gasteiger partial charge in [-0.3, -0.25) is 9.97 Å². The van der Waals surface area contributed by atoms with Crippen molar-refractivity contribution in [3.8, 4) is 17.0 Å². The number of allylic oxidation sites excluding steroid dienone is 4. The van der Waals surface area contributed by atoms with Crippen molar-refractivity contribution >= 4 is 5.69 Å². The van der Waals surface area contributed by atoms with E-state index >= 15 is 0 Å². The van der Waals surface area contributed by atoms with Crippen LogP contribution in [0.4, 0.5) is 5.69 Å². The van der Waals surface area contributed by atoms with Gasteiger partial charge in [-0.2, -0.15) is 0 Å². The number of ether oxygens (including phenoxy) is 2. The highest BCUT2D eigenvalue weighted by Gasteiger charge is 2.31. The number of aliphatic hydroxyl groups is 1. The van der Waals surface area contributed by atoms with Crippen LogP contribution in [-0.4, -0.2) is 46.5 Å². The number of aryl methyl sites for hydroxylation is 1. The number of aromatic nitrogens is 2. The highest BCUT2D eigenvalue weighted by molar-refractivity contribution is 5.79. The minimum atomic E-state index is -0.596. The topological polar surface area (TPSA) is 67.7 Å². The Morgan fingerprint density at radius 2 is 1.82 bits per heavy atom. The van der Waals surface area contributed by atoms with E-state index in [0.717, 1.165) is 48.4 Å². The Morgan fingerprint density at radius 1 is 1.10 bits per heavy atom. The fourth-order valence-corrected chi connectivity index (χ4v) is 4.89. The van der Waals surface area contributed by atoms with Gasteiger partial charge in [0, 0.05) is 36.1 Å². The van der Waals surface area contributed by atoms with Gasteiger partial charge in [0.05, 0.1) is 35.4 Å². The Morgan fingerprint density at radius 3 is 2.44 bits per heavy atom. The fourth-order valence-electron chi connectivity index (χ4n) is 4.89. The molecule has 3 heterocycles. The van der Waals surface area contributed by atoms with E-state index in [2.05, 4.69) is 59.9 Å². The molecule has 1 N–H and O–H groups in total. The lowest BCUT2D eigenvalue weighted by molar-refractivity contribution is -0.0531. The maximum Gasteiger partial charge on any atom is 0.137 e. The zero-order valence-corrected chi connectivity index (χ0v) is 24.9. The van der Waals surface area contributed by atoms with E-state index in [0.29, 0.717) is 17.6 Å². The summed E-state index contributed by atoms with van der Waals surface area (Å²) in [6.45, 7) is 21.0. The third-order valence-corrected chi connectivity index (χ3v) is 7.01. The molecule has 1 unspecified atom stereocenters. The normalized spacial score (nSPS) is 17.5. The molecule has 0 spiro atoms. The first-order valence-electron chi connectivity index (χ1n) is 14.0. The lowest BCUT2D eigenvalue weighted by Gasteiger charge is -2.41. The molecule has 0 bridgehead atoms. The van der Waals surface area contributed by atoms with Gasteiger partial charge >= 0.3 is 0 Å². The summed E-state index contributed by atoms with van der Waals surface area (Å²) < 4.78 is 12.3. The number of anilines is 1. The number of rotatable bonds is 11. The van der Waals surface area contributed by atoms with Crippen LogP contribution >= 0.6 is 0 Å². The summed E-state index contributed by atoms with van der Waals surface area (Å²) in [5.41, 5.74) is 5.19. The maximum atomic E-state index is 10.2. The first-order valence-corrected chi connectivity index (χ1v) is 14.0. The van der Waals surface area contributed by atoms with Crippen LogP contribution in [0.5, 0.6) is 5.75 Å². The SMILES string of the molecule is C=C/C=C\C=C/CC(O)COc1ccc(-c2cnc(C)c([C@@H](C)OC(C)(C)C)c2N2CCC(C)(C)CC2)nc1. The summed E-state index contributed by atoms with van der Waals surface area (Å²) in [5.74, 6) is 0.624. The largest absolute Gasteiger partial charge is 0.489 e. The predicted octanol–water partition coefficient (Wildman–Crippen LogP) is 7.38. The molecule has 1 aliphatic heterocycles. The van der Waals surface area contributed by atoms with Gasteiger partial charge in [-0.15, -0.1) is 0 Å². The molecule has 1 fully saturated rings. The van der Waals surface area contributed by atoms with Gasteiger partial charge in [0.15, 0.2) is 0 Å². The van der Waals surface area contributed by atoms with Crippen LogP contribution < -0.4 is 9.64 Å². The molecule has 2 aromatic heterocycles. The standard InChI is InChI=1S/C33H47N3O3/c1-9-10-11-12-13-14-26(37)23-38-27-15-16-29(35-21-27)28-22-34-24(2)30(25(3)39-32(4,5)6)31(28)36-19-17-33(7,8)18-20-36/h9-13,15-16,21-22,25-26,37H,1,14,17-20,23H2,2-8H3/b11-10-,13-12-/t25-,26?/m1/s1. The molecule has 0 aromatic carbocycles. The van der Waals surface area contributed by atoms with Crippen LogP contribution in [-0.2, 0) is 4.74 Å². The van der Waals surface area contributed by atoms with Crippen molar-refractivity contribution in [1.82, 2.24) is 9.97 Å². The second-order valence-corrected chi connectivity index (χ2v) is 12.2. The summed E-state index contributed by atoms with van der Waals surface area (Å²) in [6.07, 6.45) is 14.9. The van der Waals surface area contributed by atoms with Gasteiger partial charge in [-0.05, 0) is 71.4 Å². The molecule has 1 saturated heterocycles. The Kier molecular flexibility index (Phi) is 10.5. The predicted molar refractivity (Wildman–Crippen MR) is 161 cm³/mol. The van der Waals surface area contributed by atoms with Crippen molar-refractivity contribution < 1.29 is 14.6 Å². The monoisotopic (exact) mass is 533 g/mol. The van der Waals surface area contributed by atoms with Gasteiger partial charge in [0.1, 0.15) is 12.4 Å². The number of hydrogen-bond acceptors (Lipinski definition) is 6. The third kappa shape index (κ3) is 9.04. The van der Waals surface area contributed by atoms with Gasteiger partial charge in [0.2, 0.25) is 0 Å². The van der Waals surface area contributed by atoms with E-state index < -0.39 is 6.10 Å². The van der Waals surface area contributed by atoms with Crippen molar-refractivity contribution in [3.63, 3.8) is 0 Å². The molecule has 2 aromatic rings. The fraction of sp³-hybridized carbons (Fsp3) is 0.515. The number of pyridine rings is 2. The number of aliphatic hydroxyl groups excluding tert-OH is 1. The molecule has 1 aliphatic rings. The maximum absolute atomic E-state index is 10.2. The van der Waals surface area contributed by atoms with Gasteiger partial charge < -0.3 is 19.5 Å². The smallest absolute Gasteiger partial charge is 0.137 e. The zero-order valence-electron chi connectivity index (χ0n) is 24.9. The van der Waals surface area contributed by atoms with Crippen molar-refractivity contribution in [1.29, 1.82) is 0 Å². The number of hydrogen-bond donors (Lipinski definition) is 1. The van der Waals surface area contributed by atoms with Crippen LogP contribution in [0.2, 0.25) is 0 Å². The van der Waals surface area contributed by atoms with Crippen LogP contribution in [0, 0.1) is 12.3 Å². The first kappa shape index (κ1) is 30.6. The molecule has 3 rings (SSSR count). The van der Waals surface area contributed by atoms with Gasteiger partial charge in [0.25, 0.3) is 0 Å². The molecular weight excluding hydrogens is 486 g/mol. The van der Waals surface area contributed by atoms with Gasteiger partial charge in [-0.25, -0.2) is 0 Å². The van der Waals surface area contributed by atoms with Crippen molar-refractivity contribution in [2.75, 3.05) is 24.6 Å². The van der Waals surface area contributed by atoms with E-state index in [1.807, 2.05) is 42.6 Å². The van der Waals surface area contributed by atoms with E-state index in [-0.39, 0.29) is 18.3 Å². The quantitative estimate of drug-likeness (QED) is 0.304. The minimum Gasteiger partial charge on any atom is -0.489 e. The first-order chi connectivity index (χ1) is 18.4. The van der Waals surface area contributed by atoms with Crippen LogP contribution in [0.3, 0.4) is 0 Å². The molecular formula is C33H47N3O3. The summed E-state index contributed by atoms with van der Waals surface area (Å²) in [4.78, 5) is 12.1. The zero-order chi connectivity index (χ0) is 28.6. The van der Waals surface area contributed by atoms with Crippen LogP contribution in [0.15, 0.2) is 61.5 Å². The molecule has 0 saturated carbocycles. The summed E-state index contributed by atoms with van der Waals surface area (Å²) in [5, 5.41) is 10.2. The average Bonchev–Trinajstić information content (AvgIpc) is 2.86. The Bertz CT molecular complexity index is 1140. The molecule has 0 radical (unpaired) electrons. The number of nitrogens with zero attached hydrogens (tertiary/aromatic N) is 3. The lowest BCUT2D eigenvalue weighted by Crippen LogP contribution is -2.38. The second kappa shape index (κ2) is 13.4. The molecule has 2 atom stereocenters. The van der Waals surface area contributed by atoms with E-state index in [1.165, 1.54) is 5.69 Å². The van der Waals surface area contributed by atoms with E-state index in [9.17, 15) is 5.11 Å². The van der Waals surface area contributed by atoms with Crippen molar-refractivity contribution in [2.45, 2.75) is 85.5 Å². The lowest BCUT2D eigenvalue weighted by atomic mass is 9.82. The van der Waals surface area contributed by atoms with E-state index in [1.54, 1.807) is 12.3 Å². The third-order valence-electron chi connectivity index (χ3n) is 7.01.